The molecule has 1 heterocycles. The molecule has 0 radical (unpaired) electrons. The highest BCUT2D eigenvalue weighted by molar-refractivity contribution is 5.86. The van der Waals surface area contributed by atoms with Crippen LogP contribution in [-0.4, -0.2) is 4.98 Å². The summed E-state index contributed by atoms with van der Waals surface area (Å²) in [5.41, 5.74) is 6.47. The topological polar surface area (TPSA) is 12.9 Å². The van der Waals surface area contributed by atoms with E-state index in [1.807, 2.05) is 33.9 Å². The third-order valence-corrected chi connectivity index (χ3v) is 3.08. The Morgan fingerprint density at radius 1 is 0.778 bits per heavy atom. The molecule has 0 saturated heterocycles. The second-order valence-corrected chi connectivity index (χ2v) is 3.97. The normalized spacial score (nSPS) is 9.11. The summed E-state index contributed by atoms with van der Waals surface area (Å²) in [6.45, 7) is 16.6. The zero-order valence-electron chi connectivity index (χ0n) is 13.2. The number of aryl methyl sites for hydroxylation is 3. The monoisotopic (exact) mass is 245 g/mol. The van der Waals surface area contributed by atoms with Crippen molar-refractivity contribution in [2.45, 2.75) is 55.4 Å². The third-order valence-electron chi connectivity index (χ3n) is 3.08. The Balaban J connectivity index is 0.000000659. The number of hydrogen-bond donors (Lipinski definition) is 0. The van der Waals surface area contributed by atoms with Crippen molar-refractivity contribution in [2.75, 3.05) is 0 Å². The highest BCUT2D eigenvalue weighted by Gasteiger charge is 2.05. The molecule has 0 aliphatic rings. The van der Waals surface area contributed by atoms with E-state index in [-0.39, 0.29) is 0 Å². The summed E-state index contributed by atoms with van der Waals surface area (Å²) < 4.78 is 0. The Morgan fingerprint density at radius 3 is 1.89 bits per heavy atom. The molecule has 0 saturated carbocycles. The summed E-state index contributed by atoms with van der Waals surface area (Å²) >= 11 is 0. The molecule has 100 valence electrons. The lowest BCUT2D eigenvalue weighted by atomic mass is 9.98. The molecule has 0 aliphatic carbocycles. The second-order valence-electron chi connectivity index (χ2n) is 3.97. The van der Waals surface area contributed by atoms with Crippen LogP contribution in [0.15, 0.2) is 18.3 Å². The van der Waals surface area contributed by atoms with Crippen molar-refractivity contribution in [1.82, 2.24) is 4.98 Å². The molecule has 0 N–H and O–H groups in total. The number of hydrogen-bond acceptors (Lipinski definition) is 1. The van der Waals surface area contributed by atoms with Gasteiger partial charge in [-0.25, -0.2) is 0 Å². The molecule has 1 aromatic heterocycles. The average Bonchev–Trinajstić information content (AvgIpc) is 2.42. The van der Waals surface area contributed by atoms with Crippen LogP contribution in [-0.2, 0) is 0 Å². The van der Waals surface area contributed by atoms with E-state index in [4.69, 9.17) is 0 Å². The highest BCUT2D eigenvalue weighted by atomic mass is 14.7. The van der Waals surface area contributed by atoms with Gasteiger partial charge in [0.2, 0.25) is 0 Å². The maximum absolute atomic E-state index is 4.44. The van der Waals surface area contributed by atoms with Gasteiger partial charge in [0.15, 0.2) is 0 Å². The minimum absolute atomic E-state index is 1.15. The van der Waals surface area contributed by atoms with Gasteiger partial charge in [0.25, 0.3) is 0 Å². The van der Waals surface area contributed by atoms with Gasteiger partial charge in [-0.15, -0.1) is 0 Å². The maximum Gasteiger partial charge on any atom is 0.0736 e. The van der Waals surface area contributed by atoms with Crippen LogP contribution >= 0.6 is 0 Å². The first-order valence-corrected chi connectivity index (χ1v) is 6.93. The van der Waals surface area contributed by atoms with E-state index >= 15 is 0 Å². The van der Waals surface area contributed by atoms with E-state index in [0.717, 1.165) is 5.52 Å². The molecule has 0 fully saturated rings. The zero-order chi connectivity index (χ0) is 14.3. The molecule has 2 aromatic rings. The van der Waals surface area contributed by atoms with Crippen molar-refractivity contribution in [3.63, 3.8) is 0 Å². The van der Waals surface area contributed by atoms with Gasteiger partial charge >= 0.3 is 0 Å². The molecule has 1 heteroatoms. The van der Waals surface area contributed by atoms with Crippen molar-refractivity contribution in [3.8, 4) is 0 Å². The van der Waals surface area contributed by atoms with Gasteiger partial charge in [0.1, 0.15) is 0 Å². The Hall–Kier alpha value is -1.37. The first-order valence-electron chi connectivity index (χ1n) is 6.93. The lowest BCUT2D eigenvalue weighted by Gasteiger charge is -2.09. The summed E-state index contributed by atoms with van der Waals surface area (Å²) in [5, 5.41) is 1.29. The second kappa shape index (κ2) is 7.86. The minimum atomic E-state index is 1.15. The lowest BCUT2D eigenvalue weighted by Crippen LogP contribution is -1.92. The minimum Gasteiger partial charge on any atom is -0.256 e. The van der Waals surface area contributed by atoms with Crippen LogP contribution in [0, 0.1) is 27.7 Å². The van der Waals surface area contributed by atoms with Gasteiger partial charge < -0.3 is 0 Å². The summed E-state index contributed by atoms with van der Waals surface area (Å²) in [6, 6.07) is 4.30. The molecule has 0 spiro atoms. The molecule has 0 aliphatic heterocycles. The molecule has 1 aromatic carbocycles. The number of benzene rings is 1. The lowest BCUT2D eigenvalue weighted by molar-refractivity contribution is 1.25. The van der Waals surface area contributed by atoms with E-state index in [0.29, 0.717) is 0 Å². The fourth-order valence-electron chi connectivity index (χ4n) is 1.85. The van der Waals surface area contributed by atoms with Crippen LogP contribution in [0.25, 0.3) is 10.9 Å². The molecule has 0 atom stereocenters. The van der Waals surface area contributed by atoms with E-state index in [1.54, 1.807) is 0 Å². The van der Waals surface area contributed by atoms with Crippen LogP contribution in [0.2, 0.25) is 0 Å². The molecule has 0 bridgehead atoms. The summed E-state index contributed by atoms with van der Waals surface area (Å²) in [4.78, 5) is 4.44. The van der Waals surface area contributed by atoms with E-state index in [9.17, 15) is 0 Å². The number of fused-ring (bicyclic) bond motifs is 1. The number of nitrogens with zero attached hydrogens (tertiary/aromatic N) is 1. The van der Waals surface area contributed by atoms with Gasteiger partial charge in [-0.3, -0.25) is 4.98 Å². The summed E-state index contributed by atoms with van der Waals surface area (Å²) in [5.74, 6) is 0. The van der Waals surface area contributed by atoms with Gasteiger partial charge in [-0.05, 0) is 62.1 Å². The molecule has 0 unspecified atom stereocenters. The van der Waals surface area contributed by atoms with Crippen molar-refractivity contribution in [3.05, 3.63) is 40.6 Å². The molecule has 1 nitrogen and oxygen atoms in total. The quantitative estimate of drug-likeness (QED) is 0.595. The molecule has 18 heavy (non-hydrogen) atoms. The van der Waals surface area contributed by atoms with E-state index < -0.39 is 0 Å². The Bertz CT molecular complexity index is 498. The van der Waals surface area contributed by atoms with Gasteiger partial charge in [-0.1, -0.05) is 27.7 Å². The number of pyridine rings is 1. The smallest absolute Gasteiger partial charge is 0.0736 e. The molecular formula is C17H27N. The van der Waals surface area contributed by atoms with Crippen molar-refractivity contribution in [2.24, 2.45) is 0 Å². The van der Waals surface area contributed by atoms with Crippen LogP contribution in [0.3, 0.4) is 0 Å². The Kier molecular flexibility index (Phi) is 7.26. The number of aromatic nitrogens is 1. The predicted molar refractivity (Wildman–Crippen MR) is 83.4 cm³/mol. The van der Waals surface area contributed by atoms with Crippen LogP contribution in [0.1, 0.15) is 49.9 Å². The Morgan fingerprint density at radius 2 is 1.33 bits per heavy atom. The van der Waals surface area contributed by atoms with Crippen LogP contribution in [0.5, 0.6) is 0 Å². The van der Waals surface area contributed by atoms with Crippen LogP contribution < -0.4 is 0 Å². The fraction of sp³-hybridized carbons (Fsp3) is 0.471. The molecule has 2 rings (SSSR count). The Labute approximate surface area is 112 Å². The van der Waals surface area contributed by atoms with Gasteiger partial charge in [0.05, 0.1) is 5.52 Å². The maximum atomic E-state index is 4.44. The highest BCUT2D eigenvalue weighted by Crippen LogP contribution is 2.24. The average molecular weight is 245 g/mol. The fourth-order valence-corrected chi connectivity index (χ4v) is 1.85. The molecular weight excluding hydrogens is 218 g/mol. The first kappa shape index (κ1) is 16.6. The van der Waals surface area contributed by atoms with E-state index in [1.165, 1.54) is 27.6 Å². The zero-order valence-corrected chi connectivity index (χ0v) is 13.2. The van der Waals surface area contributed by atoms with Gasteiger partial charge in [0, 0.05) is 11.6 Å². The number of rotatable bonds is 0. The molecule has 0 amide bonds. The van der Waals surface area contributed by atoms with Crippen molar-refractivity contribution in [1.29, 1.82) is 0 Å². The standard InChI is InChI=1S/C13H15N.2C2H6/c1-8-5-6-14-13-11(4)10(3)9(2)7-12(8)13;2*1-2/h5-7H,1-4H3;2*1-2H3. The first-order chi connectivity index (χ1) is 8.61. The van der Waals surface area contributed by atoms with Gasteiger partial charge in [-0.2, -0.15) is 0 Å². The largest absolute Gasteiger partial charge is 0.256 e. The predicted octanol–water partition coefficient (Wildman–Crippen LogP) is 5.52. The SMILES string of the molecule is CC.CC.Cc1cc2c(C)ccnc2c(C)c1C. The van der Waals surface area contributed by atoms with Crippen LogP contribution in [0.4, 0.5) is 0 Å². The van der Waals surface area contributed by atoms with Crippen molar-refractivity contribution >= 4 is 10.9 Å². The summed E-state index contributed by atoms with van der Waals surface area (Å²) in [6.07, 6.45) is 1.89. The van der Waals surface area contributed by atoms with E-state index in [2.05, 4.69) is 44.8 Å². The summed E-state index contributed by atoms with van der Waals surface area (Å²) in [7, 11) is 0. The van der Waals surface area contributed by atoms with Crippen molar-refractivity contribution < 1.29 is 0 Å². The third kappa shape index (κ3) is 3.32.